The first kappa shape index (κ1) is 50.1. The lowest BCUT2D eigenvalue weighted by molar-refractivity contribution is -0.360. The van der Waals surface area contributed by atoms with Crippen molar-refractivity contribution in [3.63, 3.8) is 0 Å². The molecule has 2 heterocycles. The van der Waals surface area contributed by atoms with E-state index in [1.807, 2.05) is 6.08 Å². The van der Waals surface area contributed by atoms with Crippen LogP contribution in [0.5, 0.6) is 0 Å². The second kappa shape index (κ2) is 33.9. The second-order valence-corrected chi connectivity index (χ2v) is 16.6. The third-order valence-electron chi connectivity index (χ3n) is 11.5. The Morgan fingerprint density at radius 3 is 1.71 bits per heavy atom. The van der Waals surface area contributed by atoms with Crippen molar-refractivity contribution in [1.82, 2.24) is 5.32 Å². The molecule has 0 aliphatic carbocycles. The van der Waals surface area contributed by atoms with Crippen LogP contribution in [0, 0.1) is 0 Å². The van der Waals surface area contributed by atoms with Crippen molar-refractivity contribution in [3.8, 4) is 0 Å². The van der Waals surface area contributed by atoms with E-state index in [1.54, 1.807) is 6.08 Å². The molecule has 0 spiro atoms. The number of nitrogens with one attached hydrogen (secondary N) is 1. The normalized spacial score (nSPS) is 23.9. The molecule has 0 aromatic carbocycles. The van der Waals surface area contributed by atoms with E-state index in [1.165, 1.54) is 135 Å². The molecule has 324 valence electrons. The van der Waals surface area contributed by atoms with Crippen molar-refractivity contribution in [2.75, 3.05) is 13.2 Å². The number of aliphatic hydroxyl groups excluding tert-OH is 3. The second-order valence-electron chi connectivity index (χ2n) is 16.6. The number of carbonyl (C=O) groups is 1. The van der Waals surface area contributed by atoms with Gasteiger partial charge in [0, 0.05) is 6.42 Å². The molecule has 0 aromatic heterocycles. The SMILES string of the molecule is CCCCCCCCCCCCC/C=C/[C@@H](O)[C@H](CO[C@@H]1O[C@@H]2CO[C@@H](CCCCCCCCCCCCCCC)O[C@@H]2[C@H](O)[C@H]1O)NC(=O)CCCCC. The zero-order valence-corrected chi connectivity index (χ0v) is 35.8. The van der Waals surface area contributed by atoms with Gasteiger partial charge < -0.3 is 39.6 Å². The molecular formula is C46H87NO8. The Kier molecular flexibility index (Phi) is 30.8. The molecule has 0 saturated carbocycles. The van der Waals surface area contributed by atoms with Gasteiger partial charge >= 0.3 is 0 Å². The molecule has 55 heavy (non-hydrogen) atoms. The van der Waals surface area contributed by atoms with Crippen molar-refractivity contribution in [2.45, 2.75) is 263 Å². The van der Waals surface area contributed by atoms with Gasteiger partial charge in [0.1, 0.15) is 24.4 Å². The Morgan fingerprint density at radius 2 is 1.16 bits per heavy atom. The lowest BCUT2D eigenvalue weighted by Crippen LogP contribution is -2.63. The van der Waals surface area contributed by atoms with Gasteiger partial charge in [-0.15, -0.1) is 0 Å². The molecule has 2 rings (SSSR count). The maximum absolute atomic E-state index is 12.8. The highest BCUT2D eigenvalue weighted by molar-refractivity contribution is 5.76. The van der Waals surface area contributed by atoms with Crippen molar-refractivity contribution in [3.05, 3.63) is 12.2 Å². The monoisotopic (exact) mass is 782 g/mol. The molecule has 0 unspecified atom stereocenters. The van der Waals surface area contributed by atoms with Crippen LogP contribution in [0.4, 0.5) is 0 Å². The van der Waals surface area contributed by atoms with Gasteiger partial charge in [0.2, 0.25) is 5.91 Å². The molecule has 2 aliphatic rings. The number of aliphatic hydroxyl groups is 3. The van der Waals surface area contributed by atoms with Crippen LogP contribution in [0.25, 0.3) is 0 Å². The predicted molar refractivity (Wildman–Crippen MR) is 224 cm³/mol. The summed E-state index contributed by atoms with van der Waals surface area (Å²) >= 11 is 0. The topological polar surface area (TPSA) is 127 Å². The van der Waals surface area contributed by atoms with Crippen LogP contribution < -0.4 is 5.32 Å². The summed E-state index contributed by atoms with van der Waals surface area (Å²) in [6.07, 6.45) is 33.0. The summed E-state index contributed by atoms with van der Waals surface area (Å²) in [5.41, 5.74) is 0. The van der Waals surface area contributed by atoms with Crippen LogP contribution in [0.15, 0.2) is 12.2 Å². The van der Waals surface area contributed by atoms with E-state index in [0.29, 0.717) is 6.42 Å². The van der Waals surface area contributed by atoms with Gasteiger partial charge in [-0.25, -0.2) is 0 Å². The van der Waals surface area contributed by atoms with E-state index < -0.39 is 49.1 Å². The van der Waals surface area contributed by atoms with E-state index in [0.717, 1.165) is 51.4 Å². The maximum Gasteiger partial charge on any atom is 0.220 e. The molecule has 2 aliphatic heterocycles. The van der Waals surface area contributed by atoms with Crippen LogP contribution in [0.3, 0.4) is 0 Å². The Hall–Kier alpha value is -1.07. The minimum atomic E-state index is -1.34. The minimum absolute atomic E-state index is 0.0846. The molecule has 4 N–H and O–H groups in total. The number of fused-ring (bicyclic) bond motifs is 1. The summed E-state index contributed by atoms with van der Waals surface area (Å²) in [5.74, 6) is -0.145. The van der Waals surface area contributed by atoms with Crippen molar-refractivity contribution in [1.29, 1.82) is 0 Å². The summed E-state index contributed by atoms with van der Waals surface area (Å²) in [5, 5.41) is 36.1. The Balaban J connectivity index is 1.70. The number of ether oxygens (including phenoxy) is 4. The molecule has 0 radical (unpaired) electrons. The Labute approximate surface area is 337 Å². The number of hydrogen-bond donors (Lipinski definition) is 4. The van der Waals surface area contributed by atoms with E-state index in [9.17, 15) is 20.1 Å². The van der Waals surface area contributed by atoms with Gasteiger partial charge in [0.25, 0.3) is 0 Å². The van der Waals surface area contributed by atoms with Gasteiger partial charge in [-0.3, -0.25) is 4.79 Å². The van der Waals surface area contributed by atoms with E-state index >= 15 is 0 Å². The summed E-state index contributed by atoms with van der Waals surface area (Å²) in [6, 6.07) is -0.725. The molecule has 1 amide bonds. The highest BCUT2D eigenvalue weighted by atomic mass is 16.8. The number of allylic oxidation sites excluding steroid dienone is 1. The highest BCUT2D eigenvalue weighted by Crippen LogP contribution is 2.30. The zero-order chi connectivity index (χ0) is 39.8. The van der Waals surface area contributed by atoms with E-state index in [4.69, 9.17) is 18.9 Å². The van der Waals surface area contributed by atoms with Gasteiger partial charge in [0.05, 0.1) is 25.4 Å². The number of rotatable bonds is 36. The lowest BCUT2D eigenvalue weighted by Gasteiger charge is -2.46. The van der Waals surface area contributed by atoms with Crippen molar-refractivity contribution in [2.24, 2.45) is 0 Å². The fraction of sp³-hybridized carbons (Fsp3) is 0.935. The smallest absolute Gasteiger partial charge is 0.220 e. The van der Waals surface area contributed by atoms with Crippen LogP contribution in [-0.4, -0.2) is 83.6 Å². The summed E-state index contributed by atoms with van der Waals surface area (Å²) in [4.78, 5) is 12.8. The fourth-order valence-electron chi connectivity index (χ4n) is 7.78. The molecule has 2 fully saturated rings. The molecule has 0 aromatic rings. The third kappa shape index (κ3) is 23.8. The fourth-order valence-corrected chi connectivity index (χ4v) is 7.78. The first-order valence-corrected chi connectivity index (χ1v) is 23.5. The average Bonchev–Trinajstić information content (AvgIpc) is 3.18. The minimum Gasteiger partial charge on any atom is -0.387 e. The van der Waals surface area contributed by atoms with Gasteiger partial charge in [-0.05, 0) is 32.1 Å². The highest BCUT2D eigenvalue weighted by Gasteiger charge is 2.49. The number of carbonyl (C=O) groups excluding carboxylic acids is 1. The predicted octanol–water partition coefficient (Wildman–Crippen LogP) is 10.4. The first-order valence-electron chi connectivity index (χ1n) is 23.5. The van der Waals surface area contributed by atoms with Gasteiger partial charge in [-0.2, -0.15) is 0 Å². The number of hydrogen-bond acceptors (Lipinski definition) is 8. The van der Waals surface area contributed by atoms with Crippen molar-refractivity contribution < 1.29 is 39.1 Å². The standard InChI is InChI=1S/C46H87NO8/c1-4-7-10-12-14-16-18-20-22-24-26-28-31-33-39(48)38(47-41(49)34-30-9-6-3)36-53-46-44(51)43(50)45-40(54-46)37-52-42(55-45)35-32-29-27-25-23-21-19-17-15-13-11-8-5-2/h31,33,38-40,42-46,48,50-51H,4-30,32,34-37H2,1-3H3,(H,47,49)/b33-31+/t38-,39+,40+,42+,43+,44+,45-,46+/m0/s1. The average molecular weight is 782 g/mol. The summed E-state index contributed by atoms with van der Waals surface area (Å²) < 4.78 is 24.1. The van der Waals surface area contributed by atoms with Gasteiger partial charge in [0.15, 0.2) is 12.6 Å². The largest absolute Gasteiger partial charge is 0.387 e. The molecule has 9 nitrogen and oxygen atoms in total. The van der Waals surface area contributed by atoms with Gasteiger partial charge in [-0.1, -0.05) is 187 Å². The molecule has 8 atom stereocenters. The zero-order valence-electron chi connectivity index (χ0n) is 35.8. The number of unbranched alkanes of at least 4 members (excludes halogenated alkanes) is 25. The Morgan fingerprint density at radius 1 is 0.673 bits per heavy atom. The molecule has 9 heteroatoms. The number of amides is 1. The van der Waals surface area contributed by atoms with Crippen LogP contribution in [-0.2, 0) is 23.7 Å². The third-order valence-corrected chi connectivity index (χ3v) is 11.5. The van der Waals surface area contributed by atoms with E-state index in [2.05, 4.69) is 26.1 Å². The Bertz CT molecular complexity index is 918. The summed E-state index contributed by atoms with van der Waals surface area (Å²) in [6.45, 7) is 6.77. The van der Waals surface area contributed by atoms with Crippen LogP contribution in [0.2, 0.25) is 0 Å². The van der Waals surface area contributed by atoms with Crippen LogP contribution in [0.1, 0.15) is 213 Å². The molecule has 0 bridgehead atoms. The quantitative estimate of drug-likeness (QED) is 0.0366. The molecule has 2 saturated heterocycles. The first-order chi connectivity index (χ1) is 26.9. The summed E-state index contributed by atoms with van der Waals surface area (Å²) in [7, 11) is 0. The maximum atomic E-state index is 12.8. The lowest BCUT2D eigenvalue weighted by atomic mass is 9.98. The molecular weight excluding hydrogens is 695 g/mol. The van der Waals surface area contributed by atoms with Crippen molar-refractivity contribution >= 4 is 5.91 Å². The van der Waals surface area contributed by atoms with Crippen LogP contribution >= 0.6 is 0 Å². The van der Waals surface area contributed by atoms with E-state index in [-0.39, 0.29) is 19.1 Å².